The molecule has 1 unspecified atom stereocenters. The van der Waals surface area contributed by atoms with Gasteiger partial charge < -0.3 is 9.53 Å². The van der Waals surface area contributed by atoms with Crippen molar-refractivity contribution < 1.29 is 9.53 Å². The van der Waals surface area contributed by atoms with Crippen LogP contribution >= 0.6 is 0 Å². The second kappa shape index (κ2) is 3.39. The van der Waals surface area contributed by atoms with Gasteiger partial charge in [-0.2, -0.15) is 0 Å². The number of aldehydes is 1. The van der Waals surface area contributed by atoms with Crippen molar-refractivity contribution in [2.75, 3.05) is 20.2 Å². The number of ether oxygens (including phenoxy) is 1. The second-order valence-corrected chi connectivity index (χ2v) is 4.19. The molecule has 1 atom stereocenters. The van der Waals surface area contributed by atoms with Gasteiger partial charge >= 0.3 is 0 Å². The minimum absolute atomic E-state index is 0.499. The van der Waals surface area contributed by atoms with E-state index in [-0.39, 0.29) is 0 Å². The Hall–Kier alpha value is -0.410. The van der Waals surface area contributed by atoms with E-state index in [9.17, 15) is 4.79 Å². The lowest BCUT2D eigenvalue weighted by molar-refractivity contribution is -0.134. The third kappa shape index (κ3) is 1.76. The van der Waals surface area contributed by atoms with Gasteiger partial charge in [-0.05, 0) is 32.2 Å². The highest BCUT2D eigenvalue weighted by Crippen LogP contribution is 2.32. The second-order valence-electron chi connectivity index (χ2n) is 4.19. The first-order valence-corrected chi connectivity index (χ1v) is 5.05. The maximum Gasteiger partial charge on any atom is 0.153 e. The number of piperidine rings is 1. The molecule has 13 heavy (non-hydrogen) atoms. The minimum Gasteiger partial charge on any atom is -0.369 e. The summed E-state index contributed by atoms with van der Waals surface area (Å²) in [5.41, 5.74) is -0.499. The van der Waals surface area contributed by atoms with Gasteiger partial charge in [-0.3, -0.25) is 4.90 Å². The molecule has 0 aromatic carbocycles. The monoisotopic (exact) mass is 183 g/mol. The van der Waals surface area contributed by atoms with Gasteiger partial charge in [0.05, 0.1) is 0 Å². The van der Waals surface area contributed by atoms with Crippen LogP contribution in [0, 0.1) is 0 Å². The summed E-state index contributed by atoms with van der Waals surface area (Å²) < 4.78 is 5.33. The number of nitrogens with zero attached hydrogens (tertiary/aromatic N) is 1. The van der Waals surface area contributed by atoms with Gasteiger partial charge in [-0.1, -0.05) is 0 Å². The molecule has 0 aromatic heterocycles. The fourth-order valence-corrected chi connectivity index (χ4v) is 2.15. The Balaban J connectivity index is 2.00. The zero-order valence-corrected chi connectivity index (χ0v) is 8.16. The van der Waals surface area contributed by atoms with Gasteiger partial charge in [-0.25, -0.2) is 0 Å². The van der Waals surface area contributed by atoms with Gasteiger partial charge in [0.1, 0.15) is 5.60 Å². The summed E-state index contributed by atoms with van der Waals surface area (Å²) in [7, 11) is 1.64. The van der Waals surface area contributed by atoms with Crippen LogP contribution in [0.4, 0.5) is 0 Å². The molecule has 2 aliphatic rings. The van der Waals surface area contributed by atoms with Crippen molar-refractivity contribution in [1.82, 2.24) is 4.90 Å². The molecule has 74 valence electrons. The van der Waals surface area contributed by atoms with Gasteiger partial charge in [0.25, 0.3) is 0 Å². The molecule has 0 aromatic rings. The van der Waals surface area contributed by atoms with Crippen LogP contribution in [0.1, 0.15) is 25.7 Å². The molecule has 2 rings (SSSR count). The molecule has 2 fully saturated rings. The van der Waals surface area contributed by atoms with Crippen LogP contribution in [0.15, 0.2) is 0 Å². The van der Waals surface area contributed by atoms with E-state index >= 15 is 0 Å². The first kappa shape index (κ1) is 9.16. The van der Waals surface area contributed by atoms with Crippen LogP contribution in [-0.4, -0.2) is 43.0 Å². The Morgan fingerprint density at radius 3 is 2.85 bits per heavy atom. The Bertz CT molecular complexity index is 203. The summed E-state index contributed by atoms with van der Waals surface area (Å²) in [6, 6.07) is 0.745. The van der Waals surface area contributed by atoms with Crippen molar-refractivity contribution in [1.29, 1.82) is 0 Å². The minimum atomic E-state index is -0.499. The number of carbonyl (C=O) groups is 1. The molecule has 0 bridgehead atoms. The van der Waals surface area contributed by atoms with E-state index in [0.717, 1.165) is 38.3 Å². The van der Waals surface area contributed by atoms with Gasteiger partial charge in [0.2, 0.25) is 0 Å². The average molecular weight is 183 g/mol. The van der Waals surface area contributed by atoms with E-state index in [1.165, 1.54) is 12.8 Å². The molecule has 1 aliphatic heterocycles. The van der Waals surface area contributed by atoms with Gasteiger partial charge in [0.15, 0.2) is 6.29 Å². The molecular formula is C10H17NO2. The molecule has 3 heteroatoms. The Morgan fingerprint density at radius 2 is 2.31 bits per heavy atom. The third-order valence-electron chi connectivity index (χ3n) is 3.20. The lowest BCUT2D eigenvalue weighted by Crippen LogP contribution is -2.51. The van der Waals surface area contributed by atoms with E-state index in [1.54, 1.807) is 7.11 Å². The zero-order chi connectivity index (χ0) is 9.31. The predicted octanol–water partition coefficient (Wildman–Crippen LogP) is 0.829. The van der Waals surface area contributed by atoms with Crippen molar-refractivity contribution in [3.63, 3.8) is 0 Å². The lowest BCUT2D eigenvalue weighted by Gasteiger charge is -2.38. The summed E-state index contributed by atoms with van der Waals surface area (Å²) in [5.74, 6) is 0. The van der Waals surface area contributed by atoms with Crippen LogP contribution < -0.4 is 0 Å². The Kier molecular flexibility index (Phi) is 2.39. The standard InChI is InChI=1S/C10H17NO2/c1-13-10(8-12)5-2-6-11(7-10)9-3-4-9/h8-9H,2-7H2,1H3. The quantitative estimate of drug-likeness (QED) is 0.607. The molecule has 0 spiro atoms. The highest BCUT2D eigenvalue weighted by molar-refractivity contribution is 5.63. The number of carbonyl (C=O) groups excluding carboxylic acids is 1. The van der Waals surface area contributed by atoms with E-state index in [2.05, 4.69) is 4.90 Å². The predicted molar refractivity (Wildman–Crippen MR) is 49.6 cm³/mol. The molecule has 3 nitrogen and oxygen atoms in total. The van der Waals surface area contributed by atoms with Crippen LogP contribution in [0.5, 0.6) is 0 Å². The van der Waals surface area contributed by atoms with Gasteiger partial charge in [-0.15, -0.1) is 0 Å². The largest absolute Gasteiger partial charge is 0.369 e. The van der Waals surface area contributed by atoms with Crippen molar-refractivity contribution in [2.45, 2.75) is 37.3 Å². The summed E-state index contributed by atoms with van der Waals surface area (Å²) >= 11 is 0. The van der Waals surface area contributed by atoms with E-state index in [4.69, 9.17) is 4.74 Å². The lowest BCUT2D eigenvalue weighted by atomic mass is 9.94. The van der Waals surface area contributed by atoms with Crippen molar-refractivity contribution >= 4 is 6.29 Å². The summed E-state index contributed by atoms with van der Waals surface area (Å²) in [6.07, 6.45) is 5.57. The number of hydrogen-bond donors (Lipinski definition) is 0. The highest BCUT2D eigenvalue weighted by Gasteiger charge is 2.40. The maximum atomic E-state index is 10.9. The van der Waals surface area contributed by atoms with Crippen LogP contribution in [0.25, 0.3) is 0 Å². The van der Waals surface area contributed by atoms with Crippen molar-refractivity contribution in [3.8, 4) is 0 Å². The molecule has 1 saturated heterocycles. The van der Waals surface area contributed by atoms with Gasteiger partial charge in [0, 0.05) is 19.7 Å². The molecule has 0 radical (unpaired) electrons. The van der Waals surface area contributed by atoms with E-state index in [1.807, 2.05) is 0 Å². The highest BCUT2D eigenvalue weighted by atomic mass is 16.5. The molecular weight excluding hydrogens is 166 g/mol. The fourth-order valence-electron chi connectivity index (χ4n) is 2.15. The van der Waals surface area contributed by atoms with Crippen LogP contribution in [0.3, 0.4) is 0 Å². The summed E-state index contributed by atoms with van der Waals surface area (Å²) in [4.78, 5) is 13.4. The SMILES string of the molecule is COC1(C=O)CCCN(C2CC2)C1. The van der Waals surface area contributed by atoms with Crippen LogP contribution in [0.2, 0.25) is 0 Å². The smallest absolute Gasteiger partial charge is 0.153 e. The van der Waals surface area contributed by atoms with E-state index < -0.39 is 5.60 Å². The Labute approximate surface area is 79.0 Å². The first-order valence-electron chi connectivity index (χ1n) is 5.05. The van der Waals surface area contributed by atoms with Crippen molar-refractivity contribution in [2.24, 2.45) is 0 Å². The van der Waals surface area contributed by atoms with E-state index in [0.29, 0.717) is 0 Å². The third-order valence-corrected chi connectivity index (χ3v) is 3.20. The molecule has 0 amide bonds. The van der Waals surface area contributed by atoms with Crippen LogP contribution in [-0.2, 0) is 9.53 Å². The molecule has 1 heterocycles. The zero-order valence-electron chi connectivity index (χ0n) is 8.16. The summed E-state index contributed by atoms with van der Waals surface area (Å²) in [6.45, 7) is 1.95. The number of methoxy groups -OCH3 is 1. The normalized spacial score (nSPS) is 36.1. The molecule has 0 N–H and O–H groups in total. The number of likely N-dealkylation sites (tertiary alicyclic amines) is 1. The first-order chi connectivity index (χ1) is 6.29. The molecule has 1 aliphatic carbocycles. The maximum absolute atomic E-state index is 10.9. The fraction of sp³-hybridized carbons (Fsp3) is 0.900. The molecule has 1 saturated carbocycles. The summed E-state index contributed by atoms with van der Waals surface area (Å²) in [5, 5.41) is 0. The topological polar surface area (TPSA) is 29.5 Å². The van der Waals surface area contributed by atoms with Crippen molar-refractivity contribution in [3.05, 3.63) is 0 Å². The Morgan fingerprint density at radius 1 is 1.54 bits per heavy atom. The number of rotatable bonds is 3. The number of hydrogen-bond acceptors (Lipinski definition) is 3. The average Bonchev–Trinajstić information content (AvgIpc) is 3.01.